The Bertz CT molecular complexity index is 409. The van der Waals surface area contributed by atoms with Gasteiger partial charge in [0.05, 0.1) is 17.7 Å². The maximum absolute atomic E-state index is 9.13. The van der Waals surface area contributed by atoms with Crippen molar-refractivity contribution in [3.8, 4) is 11.4 Å². The molecule has 0 aliphatic rings. The number of hydrogen-bond donors (Lipinski definition) is 2. The summed E-state index contributed by atoms with van der Waals surface area (Å²) in [5, 5.41) is 9.13. The van der Waals surface area contributed by atoms with E-state index >= 15 is 0 Å². The molecule has 0 radical (unpaired) electrons. The van der Waals surface area contributed by atoms with Crippen molar-refractivity contribution in [2.24, 2.45) is 0 Å². The highest BCUT2D eigenvalue weighted by Gasteiger charge is 2.00. The van der Waals surface area contributed by atoms with Gasteiger partial charge in [0.15, 0.2) is 0 Å². The van der Waals surface area contributed by atoms with Crippen molar-refractivity contribution in [3.05, 3.63) is 36.9 Å². The van der Waals surface area contributed by atoms with Crippen LogP contribution in [-0.2, 0) is 0 Å². The quantitative estimate of drug-likeness (QED) is 0.639. The lowest BCUT2D eigenvalue weighted by Gasteiger charge is -2.05. The number of benzene rings is 1. The highest BCUT2D eigenvalue weighted by Crippen LogP contribution is 2.21. The Morgan fingerprint density at radius 3 is 2.85 bits per heavy atom. The third kappa shape index (κ3) is 1.33. The lowest BCUT2D eigenvalue weighted by atomic mass is 10.2. The van der Waals surface area contributed by atoms with Crippen molar-refractivity contribution in [1.29, 1.82) is 0 Å². The Balaban J connectivity index is 2.53. The molecular weight excluding hydrogens is 166 g/mol. The summed E-state index contributed by atoms with van der Waals surface area (Å²) in [6.45, 7) is 0. The van der Waals surface area contributed by atoms with Crippen LogP contribution in [0.5, 0.6) is 5.75 Å². The lowest BCUT2D eigenvalue weighted by molar-refractivity contribution is 0.475. The summed E-state index contributed by atoms with van der Waals surface area (Å²) in [5.74, 6) is 0.168. The lowest BCUT2D eigenvalue weighted by Crippen LogP contribution is -1.96. The number of imidazole rings is 1. The standard InChI is InChI=1S/C9H9N3O/c10-8-5-7(13)1-2-9(8)12-4-3-11-6-12/h1-6,13H,10H2. The van der Waals surface area contributed by atoms with Crippen LogP contribution in [0.2, 0.25) is 0 Å². The SMILES string of the molecule is Nc1cc(O)ccc1-n1ccnc1. The molecule has 4 heteroatoms. The fourth-order valence-corrected chi connectivity index (χ4v) is 1.18. The molecule has 2 rings (SSSR count). The number of nitrogens with zero attached hydrogens (tertiary/aromatic N) is 2. The van der Waals surface area contributed by atoms with Gasteiger partial charge in [-0.3, -0.25) is 0 Å². The predicted octanol–water partition coefficient (Wildman–Crippen LogP) is 1.16. The summed E-state index contributed by atoms with van der Waals surface area (Å²) < 4.78 is 1.79. The first-order valence-electron chi connectivity index (χ1n) is 3.84. The molecule has 0 spiro atoms. The highest BCUT2D eigenvalue weighted by molar-refractivity contribution is 5.60. The van der Waals surface area contributed by atoms with Crippen LogP contribution in [0.4, 0.5) is 5.69 Å². The molecule has 2 aromatic rings. The number of phenols is 1. The van der Waals surface area contributed by atoms with E-state index in [-0.39, 0.29) is 5.75 Å². The fourth-order valence-electron chi connectivity index (χ4n) is 1.18. The molecule has 1 heterocycles. The number of aromatic nitrogens is 2. The first-order chi connectivity index (χ1) is 6.27. The molecule has 0 atom stereocenters. The predicted molar refractivity (Wildman–Crippen MR) is 49.6 cm³/mol. The molecule has 1 aromatic heterocycles. The van der Waals surface area contributed by atoms with Gasteiger partial charge in [0.2, 0.25) is 0 Å². The molecule has 0 fully saturated rings. The maximum Gasteiger partial charge on any atom is 0.117 e. The smallest absolute Gasteiger partial charge is 0.117 e. The number of nitrogen functional groups attached to an aromatic ring is 1. The van der Waals surface area contributed by atoms with E-state index in [1.54, 1.807) is 35.4 Å². The monoisotopic (exact) mass is 175 g/mol. The maximum atomic E-state index is 9.13. The average Bonchev–Trinajstić information content (AvgIpc) is 2.56. The van der Waals surface area contributed by atoms with Gasteiger partial charge in [-0.2, -0.15) is 0 Å². The summed E-state index contributed by atoms with van der Waals surface area (Å²) in [6.07, 6.45) is 5.12. The summed E-state index contributed by atoms with van der Waals surface area (Å²) in [7, 11) is 0. The minimum absolute atomic E-state index is 0.168. The van der Waals surface area contributed by atoms with E-state index in [1.165, 1.54) is 6.07 Å². The molecule has 0 bridgehead atoms. The number of aromatic hydroxyl groups is 1. The minimum Gasteiger partial charge on any atom is -0.508 e. The number of rotatable bonds is 1. The van der Waals surface area contributed by atoms with Crippen molar-refractivity contribution in [3.63, 3.8) is 0 Å². The Kier molecular flexibility index (Phi) is 1.66. The minimum atomic E-state index is 0.168. The first kappa shape index (κ1) is 7.67. The van der Waals surface area contributed by atoms with Crippen LogP contribution >= 0.6 is 0 Å². The Morgan fingerprint density at radius 2 is 2.23 bits per heavy atom. The zero-order chi connectivity index (χ0) is 9.26. The number of anilines is 1. The molecule has 0 amide bonds. The van der Waals surface area contributed by atoms with Gasteiger partial charge in [0.1, 0.15) is 5.75 Å². The topological polar surface area (TPSA) is 64.1 Å². The molecule has 13 heavy (non-hydrogen) atoms. The zero-order valence-corrected chi connectivity index (χ0v) is 6.88. The van der Waals surface area contributed by atoms with Crippen molar-refractivity contribution >= 4 is 5.69 Å². The molecule has 0 saturated heterocycles. The third-order valence-electron chi connectivity index (χ3n) is 1.79. The van der Waals surface area contributed by atoms with E-state index in [4.69, 9.17) is 10.8 Å². The van der Waals surface area contributed by atoms with E-state index in [1.807, 2.05) is 0 Å². The third-order valence-corrected chi connectivity index (χ3v) is 1.79. The largest absolute Gasteiger partial charge is 0.508 e. The van der Waals surface area contributed by atoms with Crippen molar-refractivity contribution in [1.82, 2.24) is 9.55 Å². The molecule has 0 aliphatic carbocycles. The van der Waals surface area contributed by atoms with E-state index in [0.717, 1.165) is 5.69 Å². The van der Waals surface area contributed by atoms with Gasteiger partial charge in [0, 0.05) is 18.5 Å². The summed E-state index contributed by atoms with van der Waals surface area (Å²) >= 11 is 0. The van der Waals surface area contributed by atoms with Crippen molar-refractivity contribution in [2.75, 3.05) is 5.73 Å². The molecular formula is C9H9N3O. The summed E-state index contributed by atoms with van der Waals surface area (Å²) in [4.78, 5) is 3.91. The number of nitrogens with two attached hydrogens (primary N) is 1. The molecule has 0 unspecified atom stereocenters. The molecule has 0 saturated carbocycles. The zero-order valence-electron chi connectivity index (χ0n) is 6.88. The molecule has 3 N–H and O–H groups in total. The highest BCUT2D eigenvalue weighted by atomic mass is 16.3. The second-order valence-electron chi connectivity index (χ2n) is 2.71. The molecule has 1 aromatic carbocycles. The van der Waals surface area contributed by atoms with E-state index in [0.29, 0.717) is 5.69 Å². The number of hydrogen-bond acceptors (Lipinski definition) is 3. The Morgan fingerprint density at radius 1 is 1.38 bits per heavy atom. The van der Waals surface area contributed by atoms with E-state index < -0.39 is 0 Å². The van der Waals surface area contributed by atoms with Gasteiger partial charge in [-0.1, -0.05) is 0 Å². The van der Waals surface area contributed by atoms with Gasteiger partial charge < -0.3 is 15.4 Å². The fraction of sp³-hybridized carbons (Fsp3) is 0. The molecule has 66 valence electrons. The normalized spacial score (nSPS) is 10.2. The van der Waals surface area contributed by atoms with Gasteiger partial charge in [0.25, 0.3) is 0 Å². The second kappa shape index (κ2) is 2.82. The van der Waals surface area contributed by atoms with Crippen molar-refractivity contribution < 1.29 is 5.11 Å². The van der Waals surface area contributed by atoms with Gasteiger partial charge >= 0.3 is 0 Å². The number of phenolic OH excluding ortho intramolecular Hbond substituents is 1. The van der Waals surface area contributed by atoms with Crippen LogP contribution < -0.4 is 5.73 Å². The van der Waals surface area contributed by atoms with Gasteiger partial charge in [-0.15, -0.1) is 0 Å². The van der Waals surface area contributed by atoms with Gasteiger partial charge in [-0.25, -0.2) is 4.98 Å². The molecule has 0 aliphatic heterocycles. The van der Waals surface area contributed by atoms with Crippen LogP contribution in [0.25, 0.3) is 5.69 Å². The summed E-state index contributed by atoms with van der Waals surface area (Å²) in [5.41, 5.74) is 7.04. The van der Waals surface area contributed by atoms with Crippen LogP contribution in [0.1, 0.15) is 0 Å². The molecule has 4 nitrogen and oxygen atoms in total. The van der Waals surface area contributed by atoms with Crippen molar-refractivity contribution in [2.45, 2.75) is 0 Å². The Labute approximate surface area is 75.3 Å². The van der Waals surface area contributed by atoms with Crippen LogP contribution in [0.3, 0.4) is 0 Å². The van der Waals surface area contributed by atoms with E-state index in [2.05, 4.69) is 4.98 Å². The van der Waals surface area contributed by atoms with Crippen LogP contribution in [-0.4, -0.2) is 14.7 Å². The van der Waals surface area contributed by atoms with Gasteiger partial charge in [-0.05, 0) is 12.1 Å². The average molecular weight is 175 g/mol. The van der Waals surface area contributed by atoms with Crippen LogP contribution in [0, 0.1) is 0 Å². The Hall–Kier alpha value is -1.97. The van der Waals surface area contributed by atoms with Crippen LogP contribution in [0.15, 0.2) is 36.9 Å². The first-order valence-corrected chi connectivity index (χ1v) is 3.84. The second-order valence-corrected chi connectivity index (χ2v) is 2.71. The summed E-state index contributed by atoms with van der Waals surface area (Å²) in [6, 6.07) is 4.84. The van der Waals surface area contributed by atoms with E-state index in [9.17, 15) is 0 Å².